The van der Waals surface area contributed by atoms with Crippen molar-refractivity contribution in [3.8, 4) is 0 Å². The van der Waals surface area contributed by atoms with Crippen LogP contribution < -0.4 is 0 Å². The van der Waals surface area contributed by atoms with Crippen molar-refractivity contribution >= 4 is 0 Å². The van der Waals surface area contributed by atoms with Crippen LogP contribution in [0.4, 0.5) is 0 Å². The normalized spacial score (nSPS) is 0. The summed E-state index contributed by atoms with van der Waals surface area (Å²) in [6.07, 6.45) is 0. The maximum atomic E-state index is 0. The van der Waals surface area contributed by atoms with Crippen LogP contribution in [-0.2, 0) is 77.5 Å². The van der Waals surface area contributed by atoms with Crippen molar-refractivity contribution in [1.29, 1.82) is 0 Å². The first-order chi connectivity index (χ1) is 0. The molecule has 0 fully saturated rings. The summed E-state index contributed by atoms with van der Waals surface area (Å²) in [6, 6.07) is 0. The molecule has 0 aliphatic rings. The predicted octanol–water partition coefficient (Wildman–Crippen LogP) is -0.483. The molecule has 0 aromatic rings. The molecule has 0 saturated carbocycles. The van der Waals surface area contributed by atoms with Crippen LogP contribution in [0.25, 0.3) is 0 Å². The van der Waals surface area contributed by atoms with Gasteiger partial charge in [0.15, 0.2) is 0 Å². The zero-order valence-electron chi connectivity index (χ0n) is 2.84. The quantitative estimate of drug-likeness (QED) is 0.496. The molecule has 7 heteroatoms. The van der Waals surface area contributed by atoms with Crippen molar-refractivity contribution in [3.63, 3.8) is 0 Å². The van der Waals surface area contributed by atoms with Gasteiger partial charge in [0, 0.05) is 0 Å². The third kappa shape index (κ3) is 94.5. The smallest absolute Gasteiger partial charge is 2.00 e. The number of rotatable bonds is 0. The second kappa shape index (κ2) is 131. The summed E-state index contributed by atoms with van der Waals surface area (Å²) in [6.45, 7) is 0. The molecule has 7 heavy (non-hydrogen) atoms. The second-order valence-corrected chi connectivity index (χ2v) is 0. The first-order valence-corrected chi connectivity index (χ1v) is 0. The molecule has 0 N–H and O–H groups in total. The molecule has 0 atom stereocenters. The van der Waals surface area contributed by atoms with E-state index in [1.54, 1.807) is 0 Å². The Morgan fingerprint density at radius 2 is 0.571 bits per heavy atom. The molecule has 0 amide bonds. The average Bonchev–Trinajstić information content (AvgIpc) is 0. The van der Waals surface area contributed by atoms with E-state index in [2.05, 4.69) is 0 Å². The molecule has 0 rings (SSSR count). The molecule has 0 saturated heterocycles. The average molecular weight is 226 g/mol. The van der Waals surface area contributed by atoms with Crippen molar-refractivity contribution in [1.82, 2.24) is 0 Å². The van der Waals surface area contributed by atoms with Crippen LogP contribution in [0.15, 0.2) is 0 Å². The Morgan fingerprint density at radius 3 is 0.571 bits per heavy atom. The van der Waals surface area contributed by atoms with Gasteiger partial charge >= 0.3 is 55.6 Å². The first-order valence-electron chi connectivity index (χ1n) is 0. The third-order valence-electron chi connectivity index (χ3n) is 0. The predicted molar refractivity (Wildman–Crippen MR) is 2.75 cm³/mol. The Labute approximate surface area is 77.2 Å². The van der Waals surface area contributed by atoms with Crippen LogP contribution in [0.2, 0.25) is 0 Å². The van der Waals surface area contributed by atoms with Gasteiger partial charge in [-0.25, -0.2) is 0 Å². The molecular formula is CoMnO4Ti. The van der Waals surface area contributed by atoms with Gasteiger partial charge < -0.3 is 21.9 Å². The van der Waals surface area contributed by atoms with E-state index in [1.807, 2.05) is 0 Å². The maximum absolute atomic E-state index is 0. The van der Waals surface area contributed by atoms with Crippen molar-refractivity contribution in [2.75, 3.05) is 0 Å². The van der Waals surface area contributed by atoms with Crippen LogP contribution in [0.3, 0.4) is 0 Å². The Balaban J connectivity index is 0. The van der Waals surface area contributed by atoms with Gasteiger partial charge in [-0.15, -0.1) is 0 Å². The minimum atomic E-state index is 0. The van der Waals surface area contributed by atoms with Crippen LogP contribution in [0.1, 0.15) is 0 Å². The zero-order chi connectivity index (χ0) is 0. The summed E-state index contributed by atoms with van der Waals surface area (Å²) in [4.78, 5) is 0. The van der Waals surface area contributed by atoms with Gasteiger partial charge in [0.1, 0.15) is 0 Å². The van der Waals surface area contributed by atoms with Gasteiger partial charge in [0.25, 0.3) is 0 Å². The van der Waals surface area contributed by atoms with E-state index in [1.165, 1.54) is 0 Å². The van der Waals surface area contributed by atoms with Gasteiger partial charge in [-0.05, 0) is 0 Å². The summed E-state index contributed by atoms with van der Waals surface area (Å²) in [7, 11) is 0. The van der Waals surface area contributed by atoms with Gasteiger partial charge in [0.05, 0.1) is 0 Å². The minimum Gasteiger partial charge on any atom is -2.00 e. The fourth-order valence-electron chi connectivity index (χ4n) is 0. The van der Waals surface area contributed by atoms with E-state index >= 15 is 0 Å². The largest absolute Gasteiger partial charge is 4.00 e. The van der Waals surface area contributed by atoms with Crippen molar-refractivity contribution in [3.05, 3.63) is 0 Å². The van der Waals surface area contributed by atoms with Gasteiger partial charge in [-0.1, -0.05) is 0 Å². The van der Waals surface area contributed by atoms with E-state index in [0.29, 0.717) is 0 Å². The first kappa shape index (κ1) is 197. The van der Waals surface area contributed by atoms with E-state index in [4.69, 9.17) is 0 Å². The molecule has 0 heterocycles. The van der Waals surface area contributed by atoms with Gasteiger partial charge in [-0.2, -0.15) is 0 Å². The Hall–Kier alpha value is 1.58. The van der Waals surface area contributed by atoms with Crippen molar-refractivity contribution in [2.24, 2.45) is 0 Å². The summed E-state index contributed by atoms with van der Waals surface area (Å²) in [5, 5.41) is 0. The Bertz CT molecular complexity index is 11.7. The van der Waals surface area contributed by atoms with E-state index in [-0.39, 0.29) is 77.5 Å². The molecule has 0 spiro atoms. The molecule has 2 radical (unpaired) electrons. The van der Waals surface area contributed by atoms with Crippen LogP contribution in [-0.4, -0.2) is 0 Å². The molecule has 0 aromatic carbocycles. The maximum Gasteiger partial charge on any atom is 4.00 e. The van der Waals surface area contributed by atoms with Crippen LogP contribution >= 0.6 is 0 Å². The zero-order valence-corrected chi connectivity index (χ0v) is 6.63. The number of hydrogen-bond donors (Lipinski definition) is 0. The summed E-state index contributed by atoms with van der Waals surface area (Å²) >= 11 is 0. The molecule has 0 bridgehead atoms. The molecule has 4 nitrogen and oxygen atoms in total. The summed E-state index contributed by atoms with van der Waals surface area (Å²) in [5.74, 6) is 0. The van der Waals surface area contributed by atoms with Crippen LogP contribution in [0, 0.1) is 0 Å². The Morgan fingerprint density at radius 1 is 0.571 bits per heavy atom. The molecule has 0 unspecified atom stereocenters. The van der Waals surface area contributed by atoms with Gasteiger partial charge in [-0.3, -0.25) is 0 Å². The van der Waals surface area contributed by atoms with Crippen molar-refractivity contribution < 1.29 is 77.5 Å². The molecule has 0 aliphatic heterocycles. The summed E-state index contributed by atoms with van der Waals surface area (Å²) in [5.41, 5.74) is 0. The SMILES string of the molecule is [Co+2].[Mn+2].[O-2].[O-2].[O-2].[O-2].[Ti+4]. The van der Waals surface area contributed by atoms with E-state index < -0.39 is 0 Å². The number of hydrogen-bond acceptors (Lipinski definition) is 0. The van der Waals surface area contributed by atoms with E-state index in [9.17, 15) is 0 Å². The topological polar surface area (TPSA) is 114 Å². The minimum absolute atomic E-state index is 0. The monoisotopic (exact) mass is 226 g/mol. The fourth-order valence-corrected chi connectivity index (χ4v) is 0. The second-order valence-electron chi connectivity index (χ2n) is 0. The molecule has 0 aliphatic carbocycles. The van der Waals surface area contributed by atoms with E-state index in [0.717, 1.165) is 0 Å². The van der Waals surface area contributed by atoms with Gasteiger partial charge in [0.2, 0.25) is 0 Å². The Kier molecular flexibility index (Phi) is 3710. The standard InChI is InChI=1S/Co.Mn.4O.Ti/q2*+2;4*-2;+4. The molecular weight excluding hydrogens is 226 g/mol. The molecule has 44 valence electrons. The van der Waals surface area contributed by atoms with Crippen LogP contribution in [0.5, 0.6) is 0 Å². The summed E-state index contributed by atoms with van der Waals surface area (Å²) < 4.78 is 0. The fraction of sp³-hybridized carbons (Fsp3) is 0. The van der Waals surface area contributed by atoms with Crippen molar-refractivity contribution in [2.45, 2.75) is 0 Å². The molecule has 0 aromatic heterocycles. The third-order valence-corrected chi connectivity index (χ3v) is 0.